The van der Waals surface area contributed by atoms with Gasteiger partial charge in [0.2, 0.25) is 0 Å². The Balaban J connectivity index is 3.28. The fourth-order valence-corrected chi connectivity index (χ4v) is 1.57. The van der Waals surface area contributed by atoms with E-state index < -0.39 is 0 Å². The van der Waals surface area contributed by atoms with Crippen LogP contribution < -0.4 is 0 Å². The molecule has 1 rings (SSSR count). The summed E-state index contributed by atoms with van der Waals surface area (Å²) in [7, 11) is 0. The van der Waals surface area contributed by atoms with Crippen LogP contribution in [0.3, 0.4) is 0 Å². The molecule has 64 valence electrons. The summed E-state index contributed by atoms with van der Waals surface area (Å²) in [6.45, 7) is 5.93. The molecule has 0 aromatic heterocycles. The zero-order valence-electron chi connectivity index (χ0n) is 7.56. The third-order valence-electron chi connectivity index (χ3n) is 1.66. The Morgan fingerprint density at radius 3 is 2.50 bits per heavy atom. The SMILES string of the molecule is CC=Nc1c(C)cc(C)cc1Cl. The molecule has 0 N–H and O–H groups in total. The number of hydrogen-bond donors (Lipinski definition) is 0. The van der Waals surface area contributed by atoms with Crippen LogP contribution in [0, 0.1) is 13.8 Å². The van der Waals surface area contributed by atoms with Crippen LogP contribution in [-0.2, 0) is 0 Å². The Kier molecular flexibility index (Phi) is 2.88. The Labute approximate surface area is 78.1 Å². The lowest BCUT2D eigenvalue weighted by molar-refractivity contribution is 1.35. The molecular formula is C10H12ClN. The van der Waals surface area contributed by atoms with Crippen LogP contribution in [0.1, 0.15) is 18.1 Å². The zero-order valence-corrected chi connectivity index (χ0v) is 8.31. The third-order valence-corrected chi connectivity index (χ3v) is 1.94. The highest BCUT2D eigenvalue weighted by molar-refractivity contribution is 6.33. The number of aryl methyl sites for hydroxylation is 2. The molecule has 0 atom stereocenters. The van der Waals surface area contributed by atoms with Crippen molar-refractivity contribution in [1.29, 1.82) is 0 Å². The molecule has 0 radical (unpaired) electrons. The van der Waals surface area contributed by atoms with Crippen molar-refractivity contribution in [1.82, 2.24) is 0 Å². The van der Waals surface area contributed by atoms with Crippen molar-refractivity contribution in [2.45, 2.75) is 20.8 Å². The first-order valence-electron chi connectivity index (χ1n) is 3.90. The second kappa shape index (κ2) is 3.72. The number of aliphatic imine (C=N–C) groups is 1. The van der Waals surface area contributed by atoms with E-state index in [1.807, 2.05) is 26.8 Å². The lowest BCUT2D eigenvalue weighted by atomic mass is 10.1. The van der Waals surface area contributed by atoms with E-state index >= 15 is 0 Å². The minimum absolute atomic E-state index is 0.727. The lowest BCUT2D eigenvalue weighted by Gasteiger charge is -2.03. The molecular weight excluding hydrogens is 170 g/mol. The second-order valence-corrected chi connectivity index (χ2v) is 3.21. The minimum Gasteiger partial charge on any atom is -0.260 e. The Bertz CT molecular complexity index is 293. The van der Waals surface area contributed by atoms with Crippen molar-refractivity contribution in [3.63, 3.8) is 0 Å². The summed E-state index contributed by atoms with van der Waals surface area (Å²) < 4.78 is 0. The first-order valence-corrected chi connectivity index (χ1v) is 4.28. The topological polar surface area (TPSA) is 12.4 Å². The maximum atomic E-state index is 6.00. The van der Waals surface area contributed by atoms with Gasteiger partial charge in [0.05, 0.1) is 10.7 Å². The van der Waals surface area contributed by atoms with Gasteiger partial charge >= 0.3 is 0 Å². The molecule has 1 aromatic carbocycles. The van der Waals surface area contributed by atoms with Crippen LogP contribution >= 0.6 is 11.6 Å². The van der Waals surface area contributed by atoms with Crippen molar-refractivity contribution in [3.8, 4) is 0 Å². The molecule has 0 saturated carbocycles. The van der Waals surface area contributed by atoms with E-state index in [4.69, 9.17) is 11.6 Å². The summed E-state index contributed by atoms with van der Waals surface area (Å²) >= 11 is 6.00. The van der Waals surface area contributed by atoms with Crippen LogP contribution in [0.25, 0.3) is 0 Å². The van der Waals surface area contributed by atoms with Gasteiger partial charge in [-0.25, -0.2) is 0 Å². The number of hydrogen-bond acceptors (Lipinski definition) is 1. The molecule has 1 nitrogen and oxygen atoms in total. The van der Waals surface area contributed by atoms with Crippen molar-refractivity contribution < 1.29 is 0 Å². The van der Waals surface area contributed by atoms with Crippen molar-refractivity contribution in [2.75, 3.05) is 0 Å². The largest absolute Gasteiger partial charge is 0.260 e. The quantitative estimate of drug-likeness (QED) is 0.587. The van der Waals surface area contributed by atoms with Gasteiger partial charge in [0.1, 0.15) is 0 Å². The molecule has 12 heavy (non-hydrogen) atoms. The first-order chi connectivity index (χ1) is 5.65. The predicted octanol–water partition coefficient (Wildman–Crippen LogP) is 3.68. The normalized spacial score (nSPS) is 11.0. The molecule has 0 aliphatic rings. The van der Waals surface area contributed by atoms with E-state index in [2.05, 4.69) is 11.1 Å². The smallest absolute Gasteiger partial charge is 0.0841 e. The van der Waals surface area contributed by atoms with E-state index in [1.165, 1.54) is 5.56 Å². The van der Waals surface area contributed by atoms with E-state index in [1.54, 1.807) is 6.21 Å². The summed E-state index contributed by atoms with van der Waals surface area (Å²) in [5, 5.41) is 0.727. The molecule has 0 saturated heterocycles. The highest BCUT2D eigenvalue weighted by Gasteiger charge is 2.01. The predicted molar refractivity (Wildman–Crippen MR) is 54.8 cm³/mol. The summed E-state index contributed by atoms with van der Waals surface area (Å²) in [6, 6.07) is 4.01. The van der Waals surface area contributed by atoms with Crippen molar-refractivity contribution >= 4 is 23.5 Å². The first kappa shape index (κ1) is 9.27. The zero-order chi connectivity index (χ0) is 9.14. The molecule has 2 heteroatoms. The molecule has 0 aliphatic carbocycles. The minimum atomic E-state index is 0.727. The maximum Gasteiger partial charge on any atom is 0.0841 e. The van der Waals surface area contributed by atoms with Gasteiger partial charge in [0, 0.05) is 6.21 Å². The fraction of sp³-hybridized carbons (Fsp3) is 0.300. The highest BCUT2D eigenvalue weighted by Crippen LogP contribution is 2.29. The van der Waals surface area contributed by atoms with Gasteiger partial charge in [-0.2, -0.15) is 0 Å². The number of rotatable bonds is 1. The standard InChI is InChI=1S/C10H12ClN/c1-4-12-10-8(3)5-7(2)6-9(10)11/h4-6H,1-3H3. The number of halogens is 1. The molecule has 0 aliphatic heterocycles. The van der Waals surface area contributed by atoms with Gasteiger partial charge in [-0.05, 0) is 38.0 Å². The third kappa shape index (κ3) is 1.86. The molecule has 0 amide bonds. The molecule has 0 unspecified atom stereocenters. The van der Waals surface area contributed by atoms with Crippen LogP contribution in [-0.4, -0.2) is 6.21 Å². The molecule has 0 bridgehead atoms. The van der Waals surface area contributed by atoms with Crippen molar-refractivity contribution in [3.05, 3.63) is 28.3 Å². The fourth-order valence-electron chi connectivity index (χ4n) is 1.20. The van der Waals surface area contributed by atoms with E-state index in [9.17, 15) is 0 Å². The van der Waals surface area contributed by atoms with Gasteiger partial charge in [-0.1, -0.05) is 17.7 Å². The van der Waals surface area contributed by atoms with Crippen LogP contribution in [0.5, 0.6) is 0 Å². The second-order valence-electron chi connectivity index (χ2n) is 2.80. The monoisotopic (exact) mass is 181 g/mol. The van der Waals surface area contributed by atoms with Gasteiger partial charge in [0.25, 0.3) is 0 Å². The van der Waals surface area contributed by atoms with Crippen LogP contribution in [0.15, 0.2) is 17.1 Å². The molecule has 0 fully saturated rings. The average Bonchev–Trinajstić information content (AvgIpc) is 1.96. The lowest BCUT2D eigenvalue weighted by Crippen LogP contribution is -1.79. The molecule has 1 aromatic rings. The van der Waals surface area contributed by atoms with Crippen LogP contribution in [0.4, 0.5) is 5.69 Å². The van der Waals surface area contributed by atoms with E-state index in [0.717, 1.165) is 16.3 Å². The number of nitrogens with zero attached hydrogens (tertiary/aromatic N) is 1. The number of benzene rings is 1. The molecule has 0 spiro atoms. The highest BCUT2D eigenvalue weighted by atomic mass is 35.5. The van der Waals surface area contributed by atoms with Crippen molar-refractivity contribution in [2.24, 2.45) is 4.99 Å². The Morgan fingerprint density at radius 1 is 1.33 bits per heavy atom. The van der Waals surface area contributed by atoms with Gasteiger partial charge in [-0.3, -0.25) is 4.99 Å². The van der Waals surface area contributed by atoms with E-state index in [0.29, 0.717) is 0 Å². The van der Waals surface area contributed by atoms with E-state index in [-0.39, 0.29) is 0 Å². The van der Waals surface area contributed by atoms with Gasteiger partial charge in [-0.15, -0.1) is 0 Å². The summed E-state index contributed by atoms with van der Waals surface area (Å²) in [6.07, 6.45) is 1.75. The van der Waals surface area contributed by atoms with Crippen LogP contribution in [0.2, 0.25) is 5.02 Å². The summed E-state index contributed by atoms with van der Waals surface area (Å²) in [5.74, 6) is 0. The Hall–Kier alpha value is -0.820. The average molecular weight is 182 g/mol. The maximum absolute atomic E-state index is 6.00. The Morgan fingerprint density at radius 2 is 2.00 bits per heavy atom. The molecule has 0 heterocycles. The summed E-state index contributed by atoms with van der Waals surface area (Å²) in [5.41, 5.74) is 3.18. The van der Waals surface area contributed by atoms with Gasteiger partial charge in [0.15, 0.2) is 0 Å². The summed E-state index contributed by atoms with van der Waals surface area (Å²) in [4.78, 5) is 4.19. The van der Waals surface area contributed by atoms with Gasteiger partial charge < -0.3 is 0 Å².